The first-order valence-electron chi connectivity index (χ1n) is 6.48. The summed E-state index contributed by atoms with van der Waals surface area (Å²) in [6.45, 7) is 5.98. The topological polar surface area (TPSA) is 72.9 Å². The number of nitrogens with one attached hydrogen (secondary N) is 1. The van der Waals surface area contributed by atoms with Crippen molar-refractivity contribution in [3.63, 3.8) is 0 Å². The molecule has 2 N–H and O–H groups in total. The average Bonchev–Trinajstić information content (AvgIpc) is 2.35. The third-order valence-electron chi connectivity index (χ3n) is 3.54. The van der Waals surface area contributed by atoms with Gasteiger partial charge in [-0.2, -0.15) is 0 Å². The van der Waals surface area contributed by atoms with Crippen molar-refractivity contribution in [1.82, 2.24) is 15.1 Å². The van der Waals surface area contributed by atoms with Crippen LogP contribution < -0.4 is 5.32 Å². The van der Waals surface area contributed by atoms with Crippen LogP contribution in [0.2, 0.25) is 0 Å². The zero-order valence-electron chi connectivity index (χ0n) is 11.3. The van der Waals surface area contributed by atoms with E-state index in [1.807, 2.05) is 0 Å². The van der Waals surface area contributed by atoms with E-state index in [1.165, 1.54) is 0 Å². The molecule has 0 saturated carbocycles. The van der Waals surface area contributed by atoms with Gasteiger partial charge in [0.25, 0.3) is 0 Å². The first-order chi connectivity index (χ1) is 8.49. The normalized spacial score (nSPS) is 22.6. The number of hydrogen-bond donors (Lipinski definition) is 2. The Morgan fingerprint density at radius 3 is 2.56 bits per heavy atom. The number of carboxylic acids is 1. The van der Waals surface area contributed by atoms with Crippen LogP contribution in [0, 0.1) is 0 Å². The van der Waals surface area contributed by atoms with E-state index in [0.29, 0.717) is 25.6 Å². The van der Waals surface area contributed by atoms with E-state index in [2.05, 4.69) is 24.2 Å². The number of carbonyl (C=O) groups is 2. The number of nitrogens with zero attached hydrogens (tertiary/aromatic N) is 2. The summed E-state index contributed by atoms with van der Waals surface area (Å²) in [6.07, 6.45) is 1.38. The zero-order chi connectivity index (χ0) is 13.7. The van der Waals surface area contributed by atoms with Gasteiger partial charge in [-0.05, 0) is 19.9 Å². The van der Waals surface area contributed by atoms with Crippen LogP contribution in [0.3, 0.4) is 0 Å². The van der Waals surface area contributed by atoms with Gasteiger partial charge in [-0.25, -0.2) is 9.59 Å². The number of rotatable bonds is 4. The molecule has 1 fully saturated rings. The third-order valence-corrected chi connectivity index (χ3v) is 3.54. The lowest BCUT2D eigenvalue weighted by Gasteiger charge is -2.39. The molecule has 0 aromatic heterocycles. The molecule has 2 atom stereocenters. The minimum absolute atomic E-state index is 0.268. The van der Waals surface area contributed by atoms with Crippen LogP contribution in [0.1, 0.15) is 26.7 Å². The summed E-state index contributed by atoms with van der Waals surface area (Å²) < 4.78 is 0. The summed E-state index contributed by atoms with van der Waals surface area (Å²) >= 11 is 0. The van der Waals surface area contributed by atoms with Gasteiger partial charge in [0.15, 0.2) is 0 Å². The molecular weight excluding hydrogens is 234 g/mol. The lowest BCUT2D eigenvalue weighted by molar-refractivity contribution is -0.139. The van der Waals surface area contributed by atoms with Gasteiger partial charge in [-0.1, -0.05) is 13.8 Å². The molecule has 0 bridgehead atoms. The van der Waals surface area contributed by atoms with Crippen molar-refractivity contribution in [2.45, 2.75) is 38.8 Å². The maximum absolute atomic E-state index is 12.0. The molecule has 6 nitrogen and oxygen atoms in total. The van der Waals surface area contributed by atoms with Crippen LogP contribution in [0.15, 0.2) is 0 Å². The predicted octanol–water partition coefficient (Wildman–Crippen LogP) is 0.585. The number of urea groups is 1. The number of carboxylic acid groups (broad SMARTS) is 1. The Kier molecular flexibility index (Phi) is 5.40. The fourth-order valence-corrected chi connectivity index (χ4v) is 2.15. The van der Waals surface area contributed by atoms with E-state index in [1.54, 1.807) is 11.8 Å². The van der Waals surface area contributed by atoms with Gasteiger partial charge in [0, 0.05) is 25.7 Å². The second-order valence-electron chi connectivity index (χ2n) is 4.74. The average molecular weight is 257 g/mol. The van der Waals surface area contributed by atoms with Gasteiger partial charge in [0.1, 0.15) is 6.04 Å². The molecule has 2 unspecified atom stereocenters. The highest BCUT2D eigenvalue weighted by Gasteiger charge is 2.28. The first-order valence-corrected chi connectivity index (χ1v) is 6.48. The standard InChI is InChI=1S/C12H23N3O3/c1-4-9-8-15(7-6-14(9)3)12(18)13-10(5-2)11(16)17/h9-10H,4-8H2,1-3H3,(H,13,18)(H,16,17). The third kappa shape index (κ3) is 3.60. The van der Waals surface area contributed by atoms with E-state index < -0.39 is 12.0 Å². The predicted molar refractivity (Wildman–Crippen MR) is 68.5 cm³/mol. The highest BCUT2D eigenvalue weighted by atomic mass is 16.4. The number of likely N-dealkylation sites (N-methyl/N-ethyl adjacent to an activating group) is 1. The lowest BCUT2D eigenvalue weighted by Crippen LogP contribution is -2.57. The van der Waals surface area contributed by atoms with Crippen molar-refractivity contribution in [2.24, 2.45) is 0 Å². The summed E-state index contributed by atoms with van der Waals surface area (Å²) in [4.78, 5) is 26.8. The molecule has 1 aliphatic rings. The van der Waals surface area contributed by atoms with Crippen LogP contribution in [-0.2, 0) is 4.79 Å². The van der Waals surface area contributed by atoms with Crippen molar-refractivity contribution in [3.05, 3.63) is 0 Å². The van der Waals surface area contributed by atoms with Crippen LogP contribution in [0.25, 0.3) is 0 Å². The van der Waals surface area contributed by atoms with E-state index in [9.17, 15) is 9.59 Å². The summed E-state index contributed by atoms with van der Waals surface area (Å²) in [5.74, 6) is -0.980. The van der Waals surface area contributed by atoms with Crippen LogP contribution >= 0.6 is 0 Å². The molecule has 0 radical (unpaired) electrons. The Balaban J connectivity index is 2.54. The quantitative estimate of drug-likeness (QED) is 0.773. The van der Waals surface area contributed by atoms with Crippen molar-refractivity contribution < 1.29 is 14.7 Å². The Labute approximate surface area is 108 Å². The highest BCUT2D eigenvalue weighted by Crippen LogP contribution is 2.10. The summed E-state index contributed by atoms with van der Waals surface area (Å²) in [6, 6.07) is -0.706. The van der Waals surface area contributed by atoms with Gasteiger partial charge in [0.05, 0.1) is 0 Å². The van der Waals surface area contributed by atoms with Crippen molar-refractivity contribution in [3.8, 4) is 0 Å². The molecule has 104 valence electrons. The molecule has 6 heteroatoms. The van der Waals surface area contributed by atoms with Crippen LogP contribution in [-0.4, -0.2) is 65.7 Å². The molecule has 2 amide bonds. The fourth-order valence-electron chi connectivity index (χ4n) is 2.15. The van der Waals surface area contributed by atoms with Gasteiger partial charge >= 0.3 is 12.0 Å². The van der Waals surface area contributed by atoms with Crippen molar-refractivity contribution in [1.29, 1.82) is 0 Å². The minimum Gasteiger partial charge on any atom is -0.480 e. The molecule has 18 heavy (non-hydrogen) atoms. The lowest BCUT2D eigenvalue weighted by atomic mass is 10.1. The number of hydrogen-bond acceptors (Lipinski definition) is 3. The monoisotopic (exact) mass is 257 g/mol. The summed E-state index contributed by atoms with van der Waals surface area (Å²) in [5.41, 5.74) is 0. The molecule has 1 heterocycles. The number of carbonyl (C=O) groups excluding carboxylic acids is 1. The van der Waals surface area contributed by atoms with E-state index in [0.717, 1.165) is 13.0 Å². The Morgan fingerprint density at radius 2 is 2.06 bits per heavy atom. The van der Waals surface area contributed by atoms with Gasteiger partial charge in [-0.15, -0.1) is 0 Å². The summed E-state index contributed by atoms with van der Waals surface area (Å²) in [7, 11) is 2.05. The molecule has 1 aliphatic heterocycles. The molecule has 1 rings (SSSR count). The molecule has 0 aromatic rings. The van der Waals surface area contributed by atoms with Gasteiger partial charge < -0.3 is 15.3 Å². The molecule has 0 aliphatic carbocycles. The largest absolute Gasteiger partial charge is 0.480 e. The first kappa shape index (κ1) is 14.8. The SMILES string of the molecule is CCC(NC(=O)N1CCN(C)C(CC)C1)C(=O)O. The smallest absolute Gasteiger partial charge is 0.326 e. The molecule has 0 spiro atoms. The maximum atomic E-state index is 12.0. The Bertz CT molecular complexity index is 309. The molecule has 1 saturated heterocycles. The van der Waals surface area contributed by atoms with Gasteiger partial charge in [0.2, 0.25) is 0 Å². The van der Waals surface area contributed by atoms with Crippen molar-refractivity contribution in [2.75, 3.05) is 26.7 Å². The van der Waals surface area contributed by atoms with E-state index in [-0.39, 0.29) is 6.03 Å². The maximum Gasteiger partial charge on any atom is 0.326 e. The number of amides is 2. The second-order valence-corrected chi connectivity index (χ2v) is 4.74. The zero-order valence-corrected chi connectivity index (χ0v) is 11.3. The second kappa shape index (κ2) is 6.58. The number of piperazine rings is 1. The van der Waals surface area contributed by atoms with Gasteiger partial charge in [-0.3, -0.25) is 4.90 Å². The van der Waals surface area contributed by atoms with E-state index in [4.69, 9.17) is 5.11 Å². The molecular formula is C12H23N3O3. The minimum atomic E-state index is -0.980. The number of aliphatic carboxylic acids is 1. The Morgan fingerprint density at radius 1 is 1.39 bits per heavy atom. The van der Waals surface area contributed by atoms with Crippen molar-refractivity contribution >= 4 is 12.0 Å². The Hall–Kier alpha value is -1.30. The fraction of sp³-hybridized carbons (Fsp3) is 0.833. The van der Waals surface area contributed by atoms with E-state index >= 15 is 0 Å². The molecule has 0 aromatic carbocycles. The summed E-state index contributed by atoms with van der Waals surface area (Å²) in [5, 5.41) is 11.5. The van der Waals surface area contributed by atoms with Crippen LogP contribution in [0.5, 0.6) is 0 Å². The highest BCUT2D eigenvalue weighted by molar-refractivity contribution is 5.82. The van der Waals surface area contributed by atoms with Crippen LogP contribution in [0.4, 0.5) is 4.79 Å².